The van der Waals surface area contributed by atoms with E-state index in [2.05, 4.69) is 10.6 Å². The predicted molar refractivity (Wildman–Crippen MR) is 65.5 cm³/mol. The number of urea groups is 1. The van der Waals surface area contributed by atoms with Gasteiger partial charge in [0.15, 0.2) is 6.10 Å². The molecule has 0 spiro atoms. The van der Waals surface area contributed by atoms with Crippen molar-refractivity contribution in [2.75, 3.05) is 33.8 Å². The van der Waals surface area contributed by atoms with Gasteiger partial charge in [0.25, 0.3) is 0 Å². The normalized spacial score (nSPS) is 18.1. The van der Waals surface area contributed by atoms with Crippen LogP contribution in [0.1, 0.15) is 12.8 Å². The molecule has 3 N–H and O–H groups in total. The second-order valence-electron chi connectivity index (χ2n) is 4.34. The van der Waals surface area contributed by atoms with Gasteiger partial charge in [-0.05, 0) is 25.9 Å². The summed E-state index contributed by atoms with van der Waals surface area (Å²) >= 11 is 0. The predicted octanol–water partition coefficient (Wildman–Crippen LogP) is -0.521. The van der Waals surface area contributed by atoms with Gasteiger partial charge in [0, 0.05) is 20.2 Å². The van der Waals surface area contributed by atoms with Crippen molar-refractivity contribution in [2.45, 2.75) is 25.0 Å². The molecule has 0 saturated carbocycles. The molecule has 7 nitrogen and oxygen atoms in total. The second kappa shape index (κ2) is 7.17. The van der Waals surface area contributed by atoms with Crippen LogP contribution in [0.5, 0.6) is 0 Å². The van der Waals surface area contributed by atoms with Crippen molar-refractivity contribution < 1.29 is 19.4 Å². The highest BCUT2D eigenvalue weighted by Gasteiger charge is 2.23. The molecule has 7 heteroatoms. The van der Waals surface area contributed by atoms with E-state index >= 15 is 0 Å². The van der Waals surface area contributed by atoms with Crippen LogP contribution in [0.3, 0.4) is 0 Å². The summed E-state index contributed by atoms with van der Waals surface area (Å²) in [7, 11) is 3.04. The van der Waals surface area contributed by atoms with Gasteiger partial charge in [-0.15, -0.1) is 0 Å². The minimum absolute atomic E-state index is 0.0278. The summed E-state index contributed by atoms with van der Waals surface area (Å²) in [4.78, 5) is 24.2. The molecular weight excluding hydrogens is 238 g/mol. The van der Waals surface area contributed by atoms with Gasteiger partial charge in [0.1, 0.15) is 0 Å². The van der Waals surface area contributed by atoms with Crippen LogP contribution < -0.4 is 10.6 Å². The molecule has 1 aliphatic heterocycles. The minimum atomic E-state index is -1.08. The van der Waals surface area contributed by atoms with Crippen LogP contribution in [0.4, 0.5) is 4.79 Å². The number of hydrogen-bond acceptors (Lipinski definition) is 4. The van der Waals surface area contributed by atoms with Crippen LogP contribution in [0.15, 0.2) is 0 Å². The Morgan fingerprint density at radius 3 is 2.61 bits per heavy atom. The highest BCUT2D eigenvalue weighted by Crippen LogP contribution is 2.09. The second-order valence-corrected chi connectivity index (χ2v) is 4.34. The maximum Gasteiger partial charge on any atom is 0.334 e. The third-order valence-electron chi connectivity index (χ3n) is 3.18. The number of rotatable bonds is 5. The molecule has 2 amide bonds. The number of ether oxygens (including phenoxy) is 1. The first-order valence-corrected chi connectivity index (χ1v) is 6.03. The van der Waals surface area contributed by atoms with E-state index in [1.54, 1.807) is 11.9 Å². The number of carbonyl (C=O) groups is 2. The summed E-state index contributed by atoms with van der Waals surface area (Å²) in [5.74, 6) is -1.08. The standard InChI is InChI=1S/C11H21N3O4/c1-14(8-3-5-12-6-4-8)11(17)13-7-9(18-2)10(15)16/h8-9,12H,3-7H2,1-2H3,(H,13,17)(H,15,16). The van der Waals surface area contributed by atoms with E-state index in [1.807, 2.05) is 0 Å². The van der Waals surface area contributed by atoms with Crippen LogP contribution in [0.2, 0.25) is 0 Å². The van der Waals surface area contributed by atoms with E-state index in [-0.39, 0.29) is 18.6 Å². The smallest absolute Gasteiger partial charge is 0.334 e. The summed E-state index contributed by atoms with van der Waals surface area (Å²) in [5.41, 5.74) is 0. The van der Waals surface area contributed by atoms with Crippen LogP contribution in [0.25, 0.3) is 0 Å². The highest BCUT2D eigenvalue weighted by molar-refractivity contribution is 5.77. The Bertz CT molecular complexity index is 292. The number of methoxy groups -OCH3 is 1. The summed E-state index contributed by atoms with van der Waals surface area (Å²) in [6.45, 7) is 1.77. The molecule has 1 saturated heterocycles. The van der Waals surface area contributed by atoms with E-state index in [0.717, 1.165) is 25.9 Å². The number of piperidine rings is 1. The molecule has 18 heavy (non-hydrogen) atoms. The van der Waals surface area contributed by atoms with Gasteiger partial charge < -0.3 is 25.4 Å². The van der Waals surface area contributed by atoms with Crippen molar-refractivity contribution in [2.24, 2.45) is 0 Å². The van der Waals surface area contributed by atoms with Gasteiger partial charge in [-0.1, -0.05) is 0 Å². The molecule has 1 unspecified atom stereocenters. The summed E-state index contributed by atoms with van der Waals surface area (Å²) in [6, 6.07) is -0.0535. The lowest BCUT2D eigenvalue weighted by Gasteiger charge is -2.31. The van der Waals surface area contributed by atoms with E-state index in [0.29, 0.717) is 0 Å². The number of hydrogen-bond donors (Lipinski definition) is 3. The maximum absolute atomic E-state index is 11.8. The number of carboxylic acid groups (broad SMARTS) is 1. The largest absolute Gasteiger partial charge is 0.479 e. The zero-order valence-corrected chi connectivity index (χ0v) is 10.8. The Morgan fingerprint density at radius 1 is 1.50 bits per heavy atom. The molecular formula is C11H21N3O4. The first-order chi connectivity index (χ1) is 8.56. The first-order valence-electron chi connectivity index (χ1n) is 6.03. The number of nitrogens with zero attached hydrogens (tertiary/aromatic N) is 1. The minimum Gasteiger partial charge on any atom is -0.479 e. The van der Waals surface area contributed by atoms with E-state index in [1.165, 1.54) is 7.11 Å². The average Bonchev–Trinajstić information content (AvgIpc) is 2.39. The molecule has 1 atom stereocenters. The van der Waals surface area contributed by atoms with Crippen LogP contribution in [-0.4, -0.2) is 67.9 Å². The lowest BCUT2D eigenvalue weighted by atomic mass is 10.1. The summed E-state index contributed by atoms with van der Waals surface area (Å²) in [5, 5.41) is 14.6. The molecule has 0 bridgehead atoms. The number of aliphatic carboxylic acids is 1. The Kier molecular flexibility index (Phi) is 5.87. The van der Waals surface area contributed by atoms with Gasteiger partial charge in [0.2, 0.25) is 0 Å². The third kappa shape index (κ3) is 4.15. The van der Waals surface area contributed by atoms with E-state index in [9.17, 15) is 9.59 Å². The molecule has 1 heterocycles. The van der Waals surface area contributed by atoms with Crippen molar-refractivity contribution in [3.05, 3.63) is 0 Å². The molecule has 0 aromatic carbocycles. The van der Waals surface area contributed by atoms with Gasteiger partial charge in [-0.2, -0.15) is 0 Å². The van der Waals surface area contributed by atoms with Crippen LogP contribution >= 0.6 is 0 Å². The van der Waals surface area contributed by atoms with E-state index in [4.69, 9.17) is 9.84 Å². The summed E-state index contributed by atoms with van der Waals surface area (Å²) in [6.07, 6.45) is 0.822. The fraction of sp³-hybridized carbons (Fsp3) is 0.818. The van der Waals surface area contributed by atoms with Crippen molar-refractivity contribution in [1.29, 1.82) is 0 Å². The van der Waals surface area contributed by atoms with Gasteiger partial charge >= 0.3 is 12.0 Å². The number of carbonyl (C=O) groups excluding carboxylic acids is 1. The first kappa shape index (κ1) is 14.7. The van der Waals surface area contributed by atoms with Crippen molar-refractivity contribution in [1.82, 2.24) is 15.5 Å². The molecule has 104 valence electrons. The Labute approximate surface area is 106 Å². The Morgan fingerprint density at radius 2 is 2.11 bits per heavy atom. The van der Waals surface area contributed by atoms with Crippen LogP contribution in [-0.2, 0) is 9.53 Å². The number of carboxylic acids is 1. The van der Waals surface area contributed by atoms with Crippen molar-refractivity contribution in [3.8, 4) is 0 Å². The topological polar surface area (TPSA) is 90.9 Å². The summed E-state index contributed by atoms with van der Waals surface area (Å²) < 4.78 is 4.74. The SMILES string of the molecule is COC(CNC(=O)N(C)C1CCNCC1)C(=O)O. The van der Waals surface area contributed by atoms with Crippen molar-refractivity contribution >= 4 is 12.0 Å². The van der Waals surface area contributed by atoms with Gasteiger partial charge in [-0.3, -0.25) is 0 Å². The fourth-order valence-corrected chi connectivity index (χ4v) is 1.94. The van der Waals surface area contributed by atoms with Crippen molar-refractivity contribution in [3.63, 3.8) is 0 Å². The molecule has 0 aromatic rings. The Balaban J connectivity index is 2.37. The van der Waals surface area contributed by atoms with Crippen LogP contribution in [0, 0.1) is 0 Å². The van der Waals surface area contributed by atoms with E-state index < -0.39 is 12.1 Å². The molecule has 0 radical (unpaired) electrons. The molecule has 1 fully saturated rings. The highest BCUT2D eigenvalue weighted by atomic mass is 16.5. The molecule has 1 rings (SSSR count). The van der Waals surface area contributed by atoms with Gasteiger partial charge in [-0.25, -0.2) is 9.59 Å². The lowest BCUT2D eigenvalue weighted by Crippen LogP contribution is -2.49. The quantitative estimate of drug-likeness (QED) is 0.618. The number of nitrogens with one attached hydrogen (secondary N) is 2. The maximum atomic E-state index is 11.8. The monoisotopic (exact) mass is 259 g/mol. The zero-order valence-electron chi connectivity index (χ0n) is 10.8. The molecule has 0 aliphatic carbocycles. The number of amides is 2. The third-order valence-corrected chi connectivity index (χ3v) is 3.18. The Hall–Kier alpha value is -1.34. The zero-order chi connectivity index (χ0) is 13.5. The average molecular weight is 259 g/mol. The van der Waals surface area contributed by atoms with Gasteiger partial charge in [0.05, 0.1) is 6.54 Å². The fourth-order valence-electron chi connectivity index (χ4n) is 1.94. The molecule has 1 aliphatic rings. The molecule has 0 aromatic heterocycles. The lowest BCUT2D eigenvalue weighted by molar-refractivity contribution is -0.148.